The number of imidazole rings is 1. The largest absolute Gasteiger partial charge is 0.352 e. The van der Waals surface area contributed by atoms with E-state index in [-0.39, 0.29) is 24.2 Å². The summed E-state index contributed by atoms with van der Waals surface area (Å²) in [6.45, 7) is 3.13. The van der Waals surface area contributed by atoms with Crippen LogP contribution in [0.4, 0.5) is 0 Å². The van der Waals surface area contributed by atoms with E-state index in [0.29, 0.717) is 13.1 Å². The summed E-state index contributed by atoms with van der Waals surface area (Å²) in [6.07, 6.45) is 0. The van der Waals surface area contributed by atoms with E-state index >= 15 is 0 Å². The van der Waals surface area contributed by atoms with E-state index in [9.17, 15) is 4.79 Å². The van der Waals surface area contributed by atoms with Crippen LogP contribution < -0.4 is 10.6 Å². The minimum Gasteiger partial charge on any atom is -0.352 e. The Morgan fingerprint density at radius 1 is 1.16 bits per heavy atom. The quantitative estimate of drug-likeness (QED) is 0.634. The molecule has 1 atom stereocenters. The lowest BCUT2D eigenvalue weighted by molar-refractivity contribution is -0.124. The van der Waals surface area contributed by atoms with Crippen LogP contribution in [0.15, 0.2) is 48.5 Å². The van der Waals surface area contributed by atoms with Gasteiger partial charge in [0.1, 0.15) is 5.82 Å². The lowest BCUT2D eigenvalue weighted by atomic mass is 10.1. The standard InChI is InChI=1S/C19H22N4O.ClH/c1-13(11-20-2)19(24)21-12-14-7-9-15(10-8-14)18-22-16-5-3-4-6-17(16)23-18;/h3-10,13,20H,11-12H2,1-2H3,(H,21,24)(H,22,23);1H. The molecule has 25 heavy (non-hydrogen) atoms. The number of aromatic nitrogens is 2. The molecule has 0 saturated heterocycles. The van der Waals surface area contributed by atoms with Crippen molar-refractivity contribution in [3.63, 3.8) is 0 Å². The van der Waals surface area contributed by atoms with Crippen molar-refractivity contribution in [1.82, 2.24) is 20.6 Å². The van der Waals surface area contributed by atoms with Gasteiger partial charge in [0.05, 0.1) is 11.0 Å². The summed E-state index contributed by atoms with van der Waals surface area (Å²) in [5, 5.41) is 5.97. The van der Waals surface area contributed by atoms with Gasteiger partial charge in [-0.15, -0.1) is 12.4 Å². The highest BCUT2D eigenvalue weighted by atomic mass is 35.5. The SMILES string of the molecule is CNCC(C)C(=O)NCc1ccc(-c2nc3ccccc3[nH]2)cc1.Cl. The number of para-hydroxylation sites is 2. The molecule has 1 heterocycles. The molecule has 0 spiro atoms. The highest BCUT2D eigenvalue weighted by Gasteiger charge is 2.11. The van der Waals surface area contributed by atoms with Gasteiger partial charge in [-0.25, -0.2) is 4.98 Å². The molecule has 3 rings (SSSR count). The zero-order chi connectivity index (χ0) is 16.9. The monoisotopic (exact) mass is 358 g/mol. The zero-order valence-electron chi connectivity index (χ0n) is 14.4. The van der Waals surface area contributed by atoms with Gasteiger partial charge in [0.15, 0.2) is 0 Å². The molecule has 3 aromatic rings. The van der Waals surface area contributed by atoms with Crippen molar-refractivity contribution in [2.24, 2.45) is 5.92 Å². The maximum atomic E-state index is 11.9. The number of halogens is 1. The number of carbonyl (C=O) groups excluding carboxylic acids is 1. The number of nitrogens with one attached hydrogen (secondary N) is 3. The minimum atomic E-state index is -0.0372. The van der Waals surface area contributed by atoms with Crippen LogP contribution in [0.1, 0.15) is 12.5 Å². The van der Waals surface area contributed by atoms with E-state index < -0.39 is 0 Å². The van der Waals surface area contributed by atoms with E-state index in [1.165, 1.54) is 0 Å². The van der Waals surface area contributed by atoms with Gasteiger partial charge < -0.3 is 15.6 Å². The van der Waals surface area contributed by atoms with E-state index in [1.807, 2.05) is 62.5 Å². The summed E-state index contributed by atoms with van der Waals surface area (Å²) in [6, 6.07) is 16.1. The van der Waals surface area contributed by atoms with Crippen molar-refractivity contribution in [3.8, 4) is 11.4 Å². The number of nitrogens with zero attached hydrogens (tertiary/aromatic N) is 1. The molecule has 2 aromatic carbocycles. The third kappa shape index (κ3) is 4.59. The first-order valence-corrected chi connectivity index (χ1v) is 8.13. The Labute approximate surface area is 153 Å². The molecule has 0 saturated carbocycles. The number of hydrogen-bond donors (Lipinski definition) is 3. The molecule has 3 N–H and O–H groups in total. The number of fused-ring (bicyclic) bond motifs is 1. The zero-order valence-corrected chi connectivity index (χ0v) is 15.2. The van der Waals surface area contributed by atoms with Gasteiger partial charge >= 0.3 is 0 Å². The number of aromatic amines is 1. The van der Waals surface area contributed by atoms with Crippen molar-refractivity contribution in [3.05, 3.63) is 54.1 Å². The molecule has 1 aromatic heterocycles. The number of amides is 1. The maximum absolute atomic E-state index is 11.9. The molecule has 6 heteroatoms. The van der Waals surface area contributed by atoms with Crippen molar-refractivity contribution in [2.75, 3.05) is 13.6 Å². The fourth-order valence-electron chi connectivity index (χ4n) is 2.63. The summed E-state index contributed by atoms with van der Waals surface area (Å²) in [5.74, 6) is 0.880. The molecular weight excluding hydrogens is 336 g/mol. The number of rotatable bonds is 6. The Kier molecular flexibility index (Phi) is 6.56. The maximum Gasteiger partial charge on any atom is 0.224 e. The third-order valence-electron chi connectivity index (χ3n) is 4.04. The van der Waals surface area contributed by atoms with Gasteiger partial charge in [0.25, 0.3) is 0 Å². The highest BCUT2D eigenvalue weighted by Crippen LogP contribution is 2.20. The summed E-state index contributed by atoms with van der Waals surface area (Å²) in [4.78, 5) is 19.8. The van der Waals surface area contributed by atoms with Crippen molar-refractivity contribution in [2.45, 2.75) is 13.5 Å². The van der Waals surface area contributed by atoms with Crippen LogP contribution in [0.25, 0.3) is 22.4 Å². The van der Waals surface area contributed by atoms with E-state index in [4.69, 9.17) is 0 Å². The van der Waals surface area contributed by atoms with Crippen LogP contribution in [0, 0.1) is 5.92 Å². The van der Waals surface area contributed by atoms with Crippen molar-refractivity contribution in [1.29, 1.82) is 0 Å². The van der Waals surface area contributed by atoms with Crippen molar-refractivity contribution < 1.29 is 4.79 Å². The molecule has 0 radical (unpaired) electrons. The molecule has 0 aliphatic carbocycles. The second kappa shape index (κ2) is 8.65. The van der Waals surface area contributed by atoms with Crippen LogP contribution in [0.5, 0.6) is 0 Å². The summed E-state index contributed by atoms with van der Waals surface area (Å²) in [7, 11) is 1.85. The molecule has 0 fully saturated rings. The predicted octanol–water partition coefficient (Wildman–Crippen LogP) is 3.12. The number of hydrogen-bond acceptors (Lipinski definition) is 3. The van der Waals surface area contributed by atoms with Gasteiger partial charge in [-0.1, -0.05) is 43.3 Å². The first-order valence-electron chi connectivity index (χ1n) is 8.13. The molecule has 0 aliphatic rings. The van der Waals surface area contributed by atoms with Gasteiger partial charge in [-0.2, -0.15) is 0 Å². The summed E-state index contributed by atoms with van der Waals surface area (Å²) >= 11 is 0. The van der Waals surface area contributed by atoms with Crippen LogP contribution in [-0.2, 0) is 11.3 Å². The van der Waals surface area contributed by atoms with E-state index in [0.717, 1.165) is 28.0 Å². The Morgan fingerprint density at radius 3 is 2.56 bits per heavy atom. The van der Waals surface area contributed by atoms with Crippen LogP contribution >= 0.6 is 12.4 Å². The average molecular weight is 359 g/mol. The second-order valence-electron chi connectivity index (χ2n) is 5.98. The topological polar surface area (TPSA) is 69.8 Å². The summed E-state index contributed by atoms with van der Waals surface area (Å²) < 4.78 is 0. The van der Waals surface area contributed by atoms with E-state index in [2.05, 4.69) is 20.6 Å². The van der Waals surface area contributed by atoms with Crippen LogP contribution in [0.3, 0.4) is 0 Å². The van der Waals surface area contributed by atoms with Gasteiger partial charge in [-0.05, 0) is 24.7 Å². The molecule has 1 unspecified atom stereocenters. The Morgan fingerprint density at radius 2 is 1.88 bits per heavy atom. The average Bonchev–Trinajstić information content (AvgIpc) is 3.04. The van der Waals surface area contributed by atoms with Crippen LogP contribution in [0.2, 0.25) is 0 Å². The number of benzene rings is 2. The lowest BCUT2D eigenvalue weighted by Crippen LogP contribution is -2.33. The number of H-pyrrole nitrogens is 1. The normalized spacial score (nSPS) is 11.8. The van der Waals surface area contributed by atoms with E-state index in [1.54, 1.807) is 0 Å². The predicted molar refractivity (Wildman–Crippen MR) is 104 cm³/mol. The second-order valence-corrected chi connectivity index (χ2v) is 5.98. The Bertz CT molecular complexity index is 796. The summed E-state index contributed by atoms with van der Waals surface area (Å²) in [5.41, 5.74) is 4.09. The van der Waals surface area contributed by atoms with Gasteiger partial charge in [0, 0.05) is 24.6 Å². The highest BCUT2D eigenvalue weighted by molar-refractivity contribution is 5.85. The minimum absolute atomic E-state index is 0. The molecule has 132 valence electrons. The van der Waals surface area contributed by atoms with Crippen molar-refractivity contribution >= 4 is 29.3 Å². The number of carbonyl (C=O) groups is 1. The first-order chi connectivity index (χ1) is 11.7. The smallest absolute Gasteiger partial charge is 0.224 e. The van der Waals surface area contributed by atoms with Gasteiger partial charge in [-0.3, -0.25) is 4.79 Å². The first kappa shape index (κ1) is 19.0. The molecule has 5 nitrogen and oxygen atoms in total. The van der Waals surface area contributed by atoms with Gasteiger partial charge in [0.2, 0.25) is 5.91 Å². The third-order valence-corrected chi connectivity index (χ3v) is 4.04. The molecule has 1 amide bonds. The molecule has 0 aliphatic heterocycles. The fraction of sp³-hybridized carbons (Fsp3) is 0.263. The lowest BCUT2D eigenvalue weighted by Gasteiger charge is -2.11. The molecule has 0 bridgehead atoms. The Hall–Kier alpha value is -2.37. The van der Waals surface area contributed by atoms with Crippen LogP contribution in [-0.4, -0.2) is 29.5 Å². The Balaban J connectivity index is 0.00000225. The molecular formula is C19H23ClN4O. The fourth-order valence-corrected chi connectivity index (χ4v) is 2.63.